The maximum Gasteiger partial charge on any atom is 0.425 e. The molecule has 0 atom stereocenters. The molecule has 0 saturated heterocycles. The second-order valence-electron chi connectivity index (χ2n) is 3.22. The first kappa shape index (κ1) is 12.8. The summed E-state index contributed by atoms with van der Waals surface area (Å²) in [4.78, 5) is 0. The van der Waals surface area contributed by atoms with Crippen molar-refractivity contribution in [2.75, 3.05) is 0 Å². The molecule has 4 heteroatoms. The van der Waals surface area contributed by atoms with Gasteiger partial charge in [0.25, 0.3) is 0 Å². The standard InChI is InChI=1S/C10H14.O3S/c1-8(2)10-7-5-4-6-9(10)3;1-4(2)3/h4-8H,1-3H3;. The molecular weight excluding hydrogens is 200 g/mol. The quantitative estimate of drug-likeness (QED) is 0.719. The van der Waals surface area contributed by atoms with Crippen molar-refractivity contribution in [3.05, 3.63) is 35.4 Å². The van der Waals surface area contributed by atoms with Crippen LogP contribution in [0, 0.1) is 6.92 Å². The molecule has 0 unspecified atom stereocenters. The number of rotatable bonds is 1. The minimum atomic E-state index is -3.11. The maximum atomic E-state index is 8.44. The van der Waals surface area contributed by atoms with Crippen LogP contribution in [0.5, 0.6) is 0 Å². The summed E-state index contributed by atoms with van der Waals surface area (Å²) in [6.45, 7) is 6.61. The van der Waals surface area contributed by atoms with E-state index in [2.05, 4.69) is 45.0 Å². The molecule has 3 nitrogen and oxygen atoms in total. The zero-order valence-corrected chi connectivity index (χ0v) is 9.34. The Morgan fingerprint density at radius 3 is 1.79 bits per heavy atom. The Morgan fingerprint density at radius 1 is 1.07 bits per heavy atom. The Hall–Kier alpha value is -1.16. The topological polar surface area (TPSA) is 51.2 Å². The molecule has 14 heavy (non-hydrogen) atoms. The summed E-state index contributed by atoms with van der Waals surface area (Å²) in [5.74, 6) is 0.654. The lowest BCUT2D eigenvalue weighted by atomic mass is 9.99. The van der Waals surface area contributed by atoms with Crippen LogP contribution in [0.1, 0.15) is 30.9 Å². The first-order valence-corrected chi connectivity index (χ1v) is 5.27. The van der Waals surface area contributed by atoms with E-state index in [0.29, 0.717) is 5.92 Å². The third kappa shape index (κ3) is 5.48. The number of hydrogen-bond donors (Lipinski definition) is 0. The second kappa shape index (κ2) is 6.32. The monoisotopic (exact) mass is 214 g/mol. The van der Waals surface area contributed by atoms with E-state index in [0.717, 1.165) is 0 Å². The molecule has 0 aliphatic carbocycles. The lowest BCUT2D eigenvalue weighted by Crippen LogP contribution is -1.89. The summed E-state index contributed by atoms with van der Waals surface area (Å²) in [7, 11) is -3.11. The van der Waals surface area contributed by atoms with Crippen molar-refractivity contribution in [3.63, 3.8) is 0 Å². The van der Waals surface area contributed by atoms with E-state index < -0.39 is 10.6 Å². The van der Waals surface area contributed by atoms with Gasteiger partial charge in [0.05, 0.1) is 0 Å². The first-order chi connectivity index (χ1) is 6.45. The summed E-state index contributed by atoms with van der Waals surface area (Å²) < 4.78 is 25.3. The van der Waals surface area contributed by atoms with Crippen LogP contribution in [-0.4, -0.2) is 12.6 Å². The molecular formula is C10H14O3S. The van der Waals surface area contributed by atoms with E-state index in [1.165, 1.54) is 11.1 Å². The van der Waals surface area contributed by atoms with E-state index in [4.69, 9.17) is 12.6 Å². The fourth-order valence-corrected chi connectivity index (χ4v) is 1.23. The van der Waals surface area contributed by atoms with Gasteiger partial charge >= 0.3 is 10.6 Å². The van der Waals surface area contributed by atoms with Gasteiger partial charge < -0.3 is 0 Å². The summed E-state index contributed by atoms with van der Waals surface area (Å²) in [5, 5.41) is 0. The Balaban J connectivity index is 0.000000364. The van der Waals surface area contributed by atoms with Crippen molar-refractivity contribution in [2.24, 2.45) is 0 Å². The molecule has 0 heterocycles. The molecule has 0 bridgehead atoms. The van der Waals surface area contributed by atoms with Crippen LogP contribution in [-0.2, 0) is 10.6 Å². The Morgan fingerprint density at radius 2 is 1.50 bits per heavy atom. The van der Waals surface area contributed by atoms with E-state index in [9.17, 15) is 0 Å². The molecule has 0 aliphatic rings. The number of aryl methyl sites for hydroxylation is 1. The van der Waals surface area contributed by atoms with Gasteiger partial charge in [0.1, 0.15) is 0 Å². The van der Waals surface area contributed by atoms with E-state index in [1.807, 2.05) is 0 Å². The van der Waals surface area contributed by atoms with Crippen LogP contribution in [0.25, 0.3) is 0 Å². The Kier molecular flexibility index (Phi) is 5.79. The van der Waals surface area contributed by atoms with Crippen LogP contribution in [0.15, 0.2) is 24.3 Å². The van der Waals surface area contributed by atoms with Crippen LogP contribution < -0.4 is 0 Å². The molecule has 1 aromatic rings. The number of hydrogen-bond acceptors (Lipinski definition) is 3. The van der Waals surface area contributed by atoms with Crippen molar-refractivity contribution in [1.29, 1.82) is 0 Å². The van der Waals surface area contributed by atoms with Crippen LogP contribution in [0.3, 0.4) is 0 Å². The highest BCUT2D eigenvalue weighted by Gasteiger charge is 1.99. The number of benzene rings is 1. The molecule has 0 fully saturated rings. The largest absolute Gasteiger partial charge is 0.425 e. The molecule has 0 radical (unpaired) electrons. The second-order valence-corrected chi connectivity index (χ2v) is 3.62. The molecule has 0 aliphatic heterocycles. The fraction of sp³-hybridized carbons (Fsp3) is 0.400. The van der Waals surface area contributed by atoms with Gasteiger partial charge in [-0.15, -0.1) is 12.6 Å². The SMILES string of the molecule is Cc1ccccc1C(C)C.O=S(=O)=O. The molecule has 0 N–H and O–H groups in total. The molecule has 1 rings (SSSR count). The van der Waals surface area contributed by atoms with Crippen molar-refractivity contribution in [1.82, 2.24) is 0 Å². The van der Waals surface area contributed by atoms with Gasteiger partial charge in [-0.2, -0.15) is 0 Å². The molecule has 0 aromatic heterocycles. The minimum Gasteiger partial charge on any atom is -0.142 e. The average Bonchev–Trinajstić information content (AvgIpc) is 2.03. The Bertz CT molecular complexity index is 372. The summed E-state index contributed by atoms with van der Waals surface area (Å²) >= 11 is 0. The van der Waals surface area contributed by atoms with Crippen molar-refractivity contribution in [2.45, 2.75) is 26.7 Å². The van der Waals surface area contributed by atoms with E-state index >= 15 is 0 Å². The maximum absolute atomic E-state index is 8.44. The first-order valence-electron chi connectivity index (χ1n) is 4.27. The molecule has 0 spiro atoms. The van der Waals surface area contributed by atoms with Crippen LogP contribution >= 0.6 is 0 Å². The van der Waals surface area contributed by atoms with Gasteiger partial charge in [-0.05, 0) is 24.0 Å². The molecule has 1 aromatic carbocycles. The van der Waals surface area contributed by atoms with Crippen molar-refractivity contribution < 1.29 is 12.6 Å². The van der Waals surface area contributed by atoms with Gasteiger partial charge in [0.15, 0.2) is 0 Å². The predicted molar refractivity (Wildman–Crippen MR) is 55.0 cm³/mol. The van der Waals surface area contributed by atoms with Crippen molar-refractivity contribution in [3.8, 4) is 0 Å². The Labute approximate surface area is 85.8 Å². The zero-order valence-electron chi connectivity index (χ0n) is 8.52. The summed E-state index contributed by atoms with van der Waals surface area (Å²) in [6, 6.07) is 8.54. The van der Waals surface area contributed by atoms with E-state index in [-0.39, 0.29) is 0 Å². The highest BCUT2D eigenvalue weighted by molar-refractivity contribution is 7.59. The lowest BCUT2D eigenvalue weighted by Gasteiger charge is -2.07. The van der Waals surface area contributed by atoms with Crippen molar-refractivity contribution >= 4 is 10.6 Å². The van der Waals surface area contributed by atoms with E-state index in [1.54, 1.807) is 0 Å². The van der Waals surface area contributed by atoms with Crippen LogP contribution in [0.2, 0.25) is 0 Å². The smallest absolute Gasteiger partial charge is 0.142 e. The lowest BCUT2D eigenvalue weighted by molar-refractivity contribution is 0.559. The normalized spacial score (nSPS) is 9.14. The summed E-state index contributed by atoms with van der Waals surface area (Å²) in [5.41, 5.74) is 2.86. The molecule has 0 amide bonds. The highest BCUT2D eigenvalue weighted by atomic mass is 32.2. The minimum absolute atomic E-state index is 0.654. The average molecular weight is 214 g/mol. The van der Waals surface area contributed by atoms with Gasteiger partial charge in [0, 0.05) is 0 Å². The molecule has 78 valence electrons. The highest BCUT2D eigenvalue weighted by Crippen LogP contribution is 2.17. The predicted octanol–water partition coefficient (Wildman–Crippen LogP) is 2.11. The van der Waals surface area contributed by atoms with Gasteiger partial charge in [-0.1, -0.05) is 38.1 Å². The van der Waals surface area contributed by atoms with Gasteiger partial charge in [0.2, 0.25) is 0 Å². The third-order valence-electron chi connectivity index (χ3n) is 1.81. The zero-order chi connectivity index (χ0) is 11.1. The van der Waals surface area contributed by atoms with Gasteiger partial charge in [-0.25, -0.2) is 0 Å². The summed E-state index contributed by atoms with van der Waals surface area (Å²) in [6.07, 6.45) is 0. The third-order valence-corrected chi connectivity index (χ3v) is 1.81. The fourth-order valence-electron chi connectivity index (χ4n) is 1.23. The molecule has 0 saturated carbocycles. The van der Waals surface area contributed by atoms with Crippen LogP contribution in [0.4, 0.5) is 0 Å². The van der Waals surface area contributed by atoms with Gasteiger partial charge in [-0.3, -0.25) is 0 Å².